The van der Waals surface area contributed by atoms with E-state index in [2.05, 4.69) is 38.6 Å². The van der Waals surface area contributed by atoms with E-state index < -0.39 is 76.9 Å². The molecule has 0 aliphatic carbocycles. The average molecular weight is 778 g/mol. The van der Waals surface area contributed by atoms with Crippen LogP contribution >= 0.6 is 12.9 Å². The summed E-state index contributed by atoms with van der Waals surface area (Å²) >= 11 is 3.40. The van der Waals surface area contributed by atoms with Crippen molar-refractivity contribution in [1.82, 2.24) is 25.8 Å². The fourth-order valence-corrected chi connectivity index (χ4v) is 6.88. The lowest BCUT2D eigenvalue weighted by atomic mass is 9.98. The third-order valence-electron chi connectivity index (χ3n) is 9.25. The Morgan fingerprint density at radius 3 is 2.56 bits per heavy atom. The van der Waals surface area contributed by atoms with E-state index in [1.54, 1.807) is 35.4 Å². The molecule has 18 nitrogen and oxygen atoms in total. The van der Waals surface area contributed by atoms with Gasteiger partial charge in [-0.15, -0.1) is 5.53 Å². The standard InChI is InChI=1S/C35H36FN9O9S/c1-35(2,40-21-6-4-5-20-28(21)33(52)45(32(20)51)22-9-10-26(48)39-31(22)50)24-15-43(41-42(24)3)12-11-27(49)38-18-7-8-19-17(13-18)14-23(46)30(29(19)36)44(16-25(37)47)34(53)54-55/h4-8,13-15,22,40-41,46,55H,9-12,16H2,1-3H3,(H2,37,47)(H,38,49)(H,39,48,50). The number of carbonyl (C=O) groups excluding carboxylic acids is 7. The maximum Gasteiger partial charge on any atom is 0.426 e. The van der Waals surface area contributed by atoms with E-state index in [0.29, 0.717) is 22.0 Å². The lowest BCUT2D eigenvalue weighted by Crippen LogP contribution is -2.54. The van der Waals surface area contributed by atoms with Gasteiger partial charge in [-0.3, -0.25) is 53.9 Å². The Morgan fingerprint density at radius 1 is 1.13 bits per heavy atom. The molecule has 1 fully saturated rings. The second-order valence-electron chi connectivity index (χ2n) is 13.5. The van der Waals surface area contributed by atoms with Gasteiger partial charge in [0.05, 0.1) is 22.4 Å². The zero-order chi connectivity index (χ0) is 39.9. The number of thiol groups is 1. The van der Waals surface area contributed by atoms with E-state index in [4.69, 9.17) is 5.73 Å². The van der Waals surface area contributed by atoms with Crippen molar-refractivity contribution in [3.05, 3.63) is 71.3 Å². The second kappa shape index (κ2) is 14.8. The summed E-state index contributed by atoms with van der Waals surface area (Å²) in [6, 6.07) is 9.03. The summed E-state index contributed by atoms with van der Waals surface area (Å²) in [6.07, 6.45) is 0.573. The van der Waals surface area contributed by atoms with Gasteiger partial charge in [0.15, 0.2) is 5.82 Å². The molecule has 55 heavy (non-hydrogen) atoms. The molecule has 0 radical (unpaired) electrons. The molecule has 1 atom stereocenters. The number of hydrazine groups is 2. The van der Waals surface area contributed by atoms with Gasteiger partial charge >= 0.3 is 6.09 Å². The summed E-state index contributed by atoms with van der Waals surface area (Å²) in [4.78, 5) is 89.2. The van der Waals surface area contributed by atoms with Gasteiger partial charge in [-0.05, 0) is 62.1 Å². The van der Waals surface area contributed by atoms with Gasteiger partial charge in [-0.25, -0.2) is 9.18 Å². The largest absolute Gasteiger partial charge is 0.506 e. The number of imide groups is 2. The SMILES string of the molecule is CN1NN(CCC(=O)Nc2ccc3c(F)c(N(CC(N)=O)C(=O)OS)c(O)cc3c2)C=C1C(C)(C)Nc1cccc2c1C(=O)N(C1CCC(=O)NC1=O)C2=O. The van der Waals surface area contributed by atoms with Crippen LogP contribution in [0.15, 0.2) is 54.4 Å². The van der Waals surface area contributed by atoms with Crippen LogP contribution in [0.2, 0.25) is 0 Å². The quantitative estimate of drug-likeness (QED) is 0.0841. The molecule has 0 saturated carbocycles. The lowest BCUT2D eigenvalue weighted by molar-refractivity contribution is -0.136. The minimum atomic E-state index is -1.24. The van der Waals surface area contributed by atoms with Crippen molar-refractivity contribution < 1.29 is 47.2 Å². The van der Waals surface area contributed by atoms with Gasteiger partial charge in [0.25, 0.3) is 11.8 Å². The molecule has 0 bridgehead atoms. The summed E-state index contributed by atoms with van der Waals surface area (Å²) in [6.45, 7) is 3.13. The number of nitrogens with zero attached hydrogens (tertiary/aromatic N) is 4. The molecule has 3 aromatic rings. The first kappa shape index (κ1) is 38.3. The normalized spacial score (nSPS) is 16.9. The van der Waals surface area contributed by atoms with E-state index in [9.17, 15) is 38.7 Å². The Bertz CT molecular complexity index is 2210. The third-order valence-corrected chi connectivity index (χ3v) is 9.41. The summed E-state index contributed by atoms with van der Waals surface area (Å²) in [7, 11) is 1.76. The van der Waals surface area contributed by atoms with Crippen molar-refractivity contribution in [1.29, 1.82) is 0 Å². The number of aromatic hydroxyl groups is 1. The van der Waals surface area contributed by atoms with Gasteiger partial charge in [-0.2, -0.15) is 0 Å². The van der Waals surface area contributed by atoms with Crippen LogP contribution in [-0.4, -0.2) is 93.3 Å². The fourth-order valence-electron chi connectivity index (χ4n) is 6.78. The Morgan fingerprint density at radius 2 is 1.87 bits per heavy atom. The molecule has 6 rings (SSSR count). The number of primary amides is 1. The van der Waals surface area contributed by atoms with Crippen LogP contribution in [0.4, 0.5) is 26.2 Å². The number of fused-ring (bicyclic) bond motifs is 2. The Balaban J connectivity index is 1.11. The van der Waals surface area contributed by atoms with Gasteiger partial charge in [0.2, 0.25) is 23.6 Å². The second-order valence-corrected chi connectivity index (χ2v) is 13.7. The molecule has 3 aliphatic rings. The molecular weight excluding hydrogens is 742 g/mol. The van der Waals surface area contributed by atoms with Gasteiger partial charge in [-0.1, -0.05) is 6.07 Å². The highest BCUT2D eigenvalue weighted by Crippen LogP contribution is 2.38. The van der Waals surface area contributed by atoms with Gasteiger partial charge in [0, 0.05) is 62.3 Å². The molecule has 288 valence electrons. The number of nitrogens with two attached hydrogens (primary N) is 1. The number of phenols is 1. The Kier molecular flexibility index (Phi) is 10.3. The van der Waals surface area contributed by atoms with Crippen molar-refractivity contribution >= 4 is 82.3 Å². The number of hydrogen-bond acceptors (Lipinski definition) is 14. The van der Waals surface area contributed by atoms with Crippen LogP contribution in [0.3, 0.4) is 0 Å². The highest BCUT2D eigenvalue weighted by molar-refractivity contribution is 7.75. The van der Waals surface area contributed by atoms with E-state index in [1.165, 1.54) is 24.3 Å². The van der Waals surface area contributed by atoms with Crippen LogP contribution < -0.4 is 32.1 Å². The average Bonchev–Trinajstić information content (AvgIpc) is 3.62. The zero-order valence-corrected chi connectivity index (χ0v) is 30.5. The minimum absolute atomic E-state index is 0.00195. The predicted molar refractivity (Wildman–Crippen MR) is 197 cm³/mol. The Hall–Kier alpha value is -6.41. The molecule has 3 aliphatic heterocycles. The number of phenolic OH excluding ortho intramolecular Hbond substituents is 1. The lowest BCUT2D eigenvalue weighted by Gasteiger charge is -2.33. The zero-order valence-electron chi connectivity index (χ0n) is 29.6. The molecule has 1 saturated heterocycles. The number of halogens is 1. The number of amides is 7. The first-order chi connectivity index (χ1) is 26.0. The van der Waals surface area contributed by atoms with Crippen molar-refractivity contribution in [3.8, 4) is 5.75 Å². The Labute approximate surface area is 317 Å². The number of nitrogens with one attached hydrogen (secondary N) is 4. The van der Waals surface area contributed by atoms with E-state index in [1.807, 2.05) is 13.8 Å². The summed E-state index contributed by atoms with van der Waals surface area (Å²) in [5.41, 5.74) is 8.43. The highest BCUT2D eigenvalue weighted by atomic mass is 32.1. The van der Waals surface area contributed by atoms with E-state index in [-0.39, 0.29) is 47.7 Å². The van der Waals surface area contributed by atoms with E-state index >= 15 is 4.39 Å². The topological polar surface area (TPSA) is 236 Å². The molecule has 0 aromatic heterocycles. The predicted octanol–water partition coefficient (Wildman–Crippen LogP) is 2.09. The number of likely N-dealkylation sites (N-methyl/N-ethyl adjacent to an activating group) is 1. The van der Waals surface area contributed by atoms with Gasteiger partial charge in [0.1, 0.15) is 24.0 Å². The number of hydrogen-bond donors (Lipinski definition) is 7. The van der Waals surface area contributed by atoms with Crippen LogP contribution in [0.25, 0.3) is 10.8 Å². The number of carbonyl (C=O) groups is 7. The minimum Gasteiger partial charge on any atom is -0.506 e. The number of anilines is 3. The van der Waals surface area contributed by atoms with Crippen molar-refractivity contribution in [2.75, 3.05) is 35.7 Å². The molecule has 3 heterocycles. The monoisotopic (exact) mass is 777 g/mol. The summed E-state index contributed by atoms with van der Waals surface area (Å²) in [5.74, 6) is -5.55. The first-order valence-corrected chi connectivity index (χ1v) is 17.1. The van der Waals surface area contributed by atoms with Crippen LogP contribution in [0.5, 0.6) is 5.75 Å². The third kappa shape index (κ3) is 7.40. The van der Waals surface area contributed by atoms with Crippen molar-refractivity contribution in [2.45, 2.75) is 44.7 Å². The smallest absolute Gasteiger partial charge is 0.426 e. The molecule has 7 amide bonds. The van der Waals surface area contributed by atoms with Crippen molar-refractivity contribution in [3.63, 3.8) is 0 Å². The van der Waals surface area contributed by atoms with Gasteiger partial charge < -0.3 is 25.7 Å². The summed E-state index contributed by atoms with van der Waals surface area (Å²) in [5, 5.41) is 22.4. The van der Waals surface area contributed by atoms with Crippen LogP contribution in [-0.2, 0) is 23.4 Å². The number of benzene rings is 3. The first-order valence-electron chi connectivity index (χ1n) is 16.8. The van der Waals surface area contributed by atoms with E-state index in [0.717, 1.165) is 11.0 Å². The number of rotatable bonds is 11. The molecular formula is C35H36FN9O9S. The van der Waals surface area contributed by atoms with Crippen molar-refractivity contribution in [2.24, 2.45) is 5.73 Å². The maximum atomic E-state index is 15.5. The van der Waals surface area contributed by atoms with Crippen LogP contribution in [0.1, 0.15) is 53.8 Å². The fraction of sp³-hybridized carbons (Fsp3) is 0.286. The highest BCUT2D eigenvalue weighted by Gasteiger charge is 2.46. The molecule has 20 heteroatoms. The molecule has 3 aromatic carbocycles. The molecule has 0 spiro atoms. The summed E-state index contributed by atoms with van der Waals surface area (Å²) < 4.78 is 19.8. The molecule has 1 unspecified atom stereocenters. The molecule has 7 N–H and O–H groups in total. The van der Waals surface area contributed by atoms with Crippen LogP contribution in [0, 0.1) is 5.82 Å². The maximum absolute atomic E-state index is 15.5. The number of piperidine rings is 1.